The summed E-state index contributed by atoms with van der Waals surface area (Å²) < 4.78 is 4.63. The Morgan fingerprint density at radius 2 is 1.85 bits per heavy atom. The van der Waals surface area contributed by atoms with Gasteiger partial charge in [-0.05, 0) is 38.8 Å². The number of nitrogens with zero attached hydrogens (tertiary/aromatic N) is 2. The summed E-state index contributed by atoms with van der Waals surface area (Å²) in [6.07, 6.45) is 3.23. The lowest BCUT2D eigenvalue weighted by molar-refractivity contribution is -0.140. The lowest BCUT2D eigenvalue weighted by Crippen LogP contribution is -2.40. The highest BCUT2D eigenvalue weighted by Crippen LogP contribution is 2.07. The molecule has 0 aliphatic rings. The first kappa shape index (κ1) is 25.6. The molecule has 6 nitrogen and oxygen atoms in total. The molecule has 0 bridgehead atoms. The third-order valence-electron chi connectivity index (χ3n) is 4.43. The Kier molecular flexibility index (Phi) is 14.9. The minimum Gasteiger partial charge on any atom is -0.469 e. The Balaban J connectivity index is 0.00000676. The molecule has 0 radical (unpaired) electrons. The van der Waals surface area contributed by atoms with Crippen molar-refractivity contribution >= 4 is 35.9 Å². The van der Waals surface area contributed by atoms with Crippen LogP contribution < -0.4 is 10.6 Å². The van der Waals surface area contributed by atoms with Crippen molar-refractivity contribution in [2.45, 2.75) is 45.2 Å². The minimum atomic E-state index is -0.152. The van der Waals surface area contributed by atoms with E-state index < -0.39 is 0 Å². The number of halogens is 1. The van der Waals surface area contributed by atoms with Gasteiger partial charge in [-0.15, -0.1) is 24.0 Å². The van der Waals surface area contributed by atoms with Crippen LogP contribution in [0, 0.1) is 0 Å². The highest BCUT2D eigenvalue weighted by Gasteiger charge is 2.09. The molecule has 0 spiro atoms. The average Bonchev–Trinajstić information content (AvgIpc) is 2.66. The van der Waals surface area contributed by atoms with Gasteiger partial charge in [0, 0.05) is 39.1 Å². The van der Waals surface area contributed by atoms with Crippen LogP contribution in [-0.2, 0) is 16.1 Å². The molecule has 0 aromatic heterocycles. The maximum atomic E-state index is 11.1. The van der Waals surface area contributed by atoms with Crippen LogP contribution in [0.3, 0.4) is 0 Å². The number of carbonyl (C=O) groups is 1. The number of methoxy groups -OCH3 is 1. The van der Waals surface area contributed by atoms with Gasteiger partial charge in [-0.25, -0.2) is 0 Å². The summed E-state index contributed by atoms with van der Waals surface area (Å²) in [5.74, 6) is 0.655. The van der Waals surface area contributed by atoms with Crippen LogP contribution in [0.1, 0.15) is 38.2 Å². The summed E-state index contributed by atoms with van der Waals surface area (Å²) in [6.45, 7) is 4.85. The van der Waals surface area contributed by atoms with Crippen molar-refractivity contribution in [2.24, 2.45) is 4.99 Å². The normalized spacial score (nSPS) is 12.3. The van der Waals surface area contributed by atoms with Crippen LogP contribution in [0.15, 0.2) is 35.3 Å². The maximum absolute atomic E-state index is 11.1. The molecule has 0 saturated carbocycles. The molecule has 0 aliphatic heterocycles. The summed E-state index contributed by atoms with van der Waals surface area (Å²) in [7, 11) is 5.35. The number of rotatable bonds is 11. The van der Waals surface area contributed by atoms with Crippen molar-refractivity contribution in [1.29, 1.82) is 0 Å². The maximum Gasteiger partial charge on any atom is 0.305 e. The molecule has 0 heterocycles. The fourth-order valence-electron chi connectivity index (χ4n) is 2.57. The summed E-state index contributed by atoms with van der Waals surface area (Å²) in [5, 5.41) is 6.63. The van der Waals surface area contributed by atoms with Gasteiger partial charge in [0.05, 0.1) is 7.11 Å². The van der Waals surface area contributed by atoms with Crippen molar-refractivity contribution in [1.82, 2.24) is 15.5 Å². The first-order valence-corrected chi connectivity index (χ1v) is 9.32. The summed E-state index contributed by atoms with van der Waals surface area (Å²) >= 11 is 0. The van der Waals surface area contributed by atoms with Gasteiger partial charge in [-0.3, -0.25) is 14.7 Å². The Hall–Kier alpha value is -1.35. The standard InChI is InChI=1S/C20H34N4O2.HI/c1-17(24(3)16-18-10-6-5-7-11-18)13-15-23-20(21-2)22-14-9-8-12-19(25)26-4;/h5-7,10-11,17H,8-9,12-16H2,1-4H3,(H2,21,22,23);1H. The Labute approximate surface area is 181 Å². The highest BCUT2D eigenvalue weighted by molar-refractivity contribution is 14.0. The molecule has 0 fully saturated rings. The lowest BCUT2D eigenvalue weighted by Gasteiger charge is -2.25. The Morgan fingerprint density at radius 1 is 1.19 bits per heavy atom. The van der Waals surface area contributed by atoms with E-state index in [1.165, 1.54) is 12.7 Å². The SMILES string of the molecule is CN=C(NCCCCC(=O)OC)NCCC(C)N(C)Cc1ccccc1.I. The number of hydrogen-bond acceptors (Lipinski definition) is 4. The number of esters is 1. The van der Waals surface area contributed by atoms with Gasteiger partial charge >= 0.3 is 5.97 Å². The number of nitrogens with one attached hydrogen (secondary N) is 2. The van der Waals surface area contributed by atoms with Crippen molar-refractivity contribution < 1.29 is 9.53 Å². The second-order valence-corrected chi connectivity index (χ2v) is 6.50. The first-order valence-electron chi connectivity index (χ1n) is 9.32. The molecule has 1 aromatic carbocycles. The predicted molar refractivity (Wildman–Crippen MR) is 123 cm³/mol. The second-order valence-electron chi connectivity index (χ2n) is 6.50. The van der Waals surface area contributed by atoms with Gasteiger partial charge in [0.2, 0.25) is 0 Å². The molecule has 1 atom stereocenters. The van der Waals surface area contributed by atoms with E-state index in [1.807, 2.05) is 6.07 Å². The van der Waals surface area contributed by atoms with Crippen LogP contribution in [0.5, 0.6) is 0 Å². The van der Waals surface area contributed by atoms with Crippen molar-refractivity contribution in [3.63, 3.8) is 0 Å². The van der Waals surface area contributed by atoms with Crippen LogP contribution in [-0.4, -0.2) is 57.2 Å². The number of ether oxygens (including phenoxy) is 1. The quantitative estimate of drug-likeness (QED) is 0.164. The molecule has 2 N–H and O–H groups in total. The number of carbonyl (C=O) groups excluding carboxylic acids is 1. The molecule has 7 heteroatoms. The second kappa shape index (κ2) is 15.7. The molecule has 1 rings (SSSR count). The molecule has 0 saturated heterocycles. The predicted octanol–water partition coefficient (Wildman–Crippen LogP) is 3.02. The Bertz CT molecular complexity index is 540. The molecule has 1 unspecified atom stereocenters. The summed E-state index contributed by atoms with van der Waals surface area (Å²) in [6, 6.07) is 11.0. The first-order chi connectivity index (χ1) is 12.6. The van der Waals surface area contributed by atoms with E-state index >= 15 is 0 Å². The number of guanidine groups is 1. The van der Waals surface area contributed by atoms with Crippen LogP contribution in [0.4, 0.5) is 0 Å². The monoisotopic (exact) mass is 490 g/mol. The van der Waals surface area contributed by atoms with E-state index in [-0.39, 0.29) is 29.9 Å². The minimum absolute atomic E-state index is 0. The van der Waals surface area contributed by atoms with E-state index in [9.17, 15) is 4.79 Å². The number of benzene rings is 1. The molecular weight excluding hydrogens is 455 g/mol. The van der Waals surface area contributed by atoms with E-state index in [2.05, 4.69) is 63.5 Å². The summed E-state index contributed by atoms with van der Waals surface area (Å²) in [4.78, 5) is 17.7. The van der Waals surface area contributed by atoms with Gasteiger partial charge in [0.15, 0.2) is 5.96 Å². The van der Waals surface area contributed by atoms with E-state index in [1.54, 1.807) is 7.05 Å². The van der Waals surface area contributed by atoms with Crippen LogP contribution >= 0.6 is 24.0 Å². The van der Waals surface area contributed by atoms with E-state index in [4.69, 9.17) is 0 Å². The number of unbranched alkanes of at least 4 members (excludes halogenated alkanes) is 1. The lowest BCUT2D eigenvalue weighted by atomic mass is 10.1. The molecule has 1 aromatic rings. The van der Waals surface area contributed by atoms with Gasteiger partial charge in [-0.1, -0.05) is 30.3 Å². The number of aliphatic imine (C=N–C) groups is 1. The van der Waals surface area contributed by atoms with Gasteiger partial charge in [-0.2, -0.15) is 0 Å². The van der Waals surface area contributed by atoms with Gasteiger partial charge in [0.25, 0.3) is 0 Å². The zero-order chi connectivity index (χ0) is 19.2. The summed E-state index contributed by atoms with van der Waals surface area (Å²) in [5.41, 5.74) is 1.33. The zero-order valence-electron chi connectivity index (χ0n) is 17.0. The molecule has 0 amide bonds. The number of hydrogen-bond donors (Lipinski definition) is 2. The van der Waals surface area contributed by atoms with Crippen molar-refractivity contribution in [3.05, 3.63) is 35.9 Å². The van der Waals surface area contributed by atoms with Crippen molar-refractivity contribution in [3.8, 4) is 0 Å². The molecule has 27 heavy (non-hydrogen) atoms. The topological polar surface area (TPSA) is 66.0 Å². The molecule has 154 valence electrons. The van der Waals surface area contributed by atoms with Gasteiger partial charge in [0.1, 0.15) is 0 Å². The Morgan fingerprint density at radius 3 is 2.48 bits per heavy atom. The fourth-order valence-corrected chi connectivity index (χ4v) is 2.57. The largest absolute Gasteiger partial charge is 0.469 e. The fraction of sp³-hybridized carbons (Fsp3) is 0.600. The third-order valence-corrected chi connectivity index (χ3v) is 4.43. The average molecular weight is 490 g/mol. The smallest absolute Gasteiger partial charge is 0.305 e. The van der Waals surface area contributed by atoms with E-state index in [0.717, 1.165) is 44.9 Å². The molecular formula is C20H35IN4O2. The van der Waals surface area contributed by atoms with Gasteiger partial charge < -0.3 is 15.4 Å². The highest BCUT2D eigenvalue weighted by atomic mass is 127. The van der Waals surface area contributed by atoms with Crippen LogP contribution in [0.2, 0.25) is 0 Å². The van der Waals surface area contributed by atoms with E-state index in [0.29, 0.717) is 12.5 Å². The van der Waals surface area contributed by atoms with Crippen LogP contribution in [0.25, 0.3) is 0 Å². The van der Waals surface area contributed by atoms with Crippen molar-refractivity contribution in [2.75, 3.05) is 34.3 Å². The third kappa shape index (κ3) is 11.9. The molecule has 0 aliphatic carbocycles. The zero-order valence-corrected chi connectivity index (χ0v) is 19.4.